The first-order valence-electron chi connectivity index (χ1n) is 14.3. The first-order valence-corrected chi connectivity index (χ1v) is 23.2. The molecule has 0 aliphatic heterocycles. The molecule has 0 saturated heterocycles. The van der Waals surface area contributed by atoms with Gasteiger partial charge in [0.1, 0.15) is 0 Å². The molecule has 284 valence electrons. The zero-order chi connectivity index (χ0) is 38.9. The molecule has 1 unspecified atom stereocenters. The molecule has 21 nitrogen and oxygen atoms in total. The van der Waals surface area contributed by atoms with E-state index < -0.39 is 125 Å². The van der Waals surface area contributed by atoms with Gasteiger partial charge in [-0.25, -0.2) is 0 Å². The van der Waals surface area contributed by atoms with Crippen LogP contribution >= 0.6 is 20.0 Å². The molecule has 0 aromatic heterocycles. The van der Waals surface area contributed by atoms with E-state index in [1.54, 1.807) is 0 Å². The number of rotatable bonds is 24. The molecular formula is C26H36AsN6O15S3-. The number of nitrogens with zero attached hydrogens (tertiary/aromatic N) is 1. The van der Waals surface area contributed by atoms with Gasteiger partial charge in [0.05, 0.1) is 0 Å². The van der Waals surface area contributed by atoms with Crippen molar-refractivity contribution in [1.29, 1.82) is 0 Å². The quantitative estimate of drug-likeness (QED) is 0.0203. The fraction of sp³-hybridized carbons (Fsp3) is 0.462. The van der Waals surface area contributed by atoms with Crippen LogP contribution in [0.5, 0.6) is 0 Å². The molecule has 1 aromatic carbocycles. The number of carbonyl (C=O) groups excluding carboxylic acids is 3. The number of nitrogens with one attached hydrogen (secondary N) is 3. The first kappa shape index (κ1) is 45.1. The molecule has 5 atom stereocenters. The average molecular weight is 844 g/mol. The molecule has 12 N–H and O–H groups in total. The van der Waals surface area contributed by atoms with Crippen LogP contribution in [0, 0.1) is 0 Å². The summed E-state index contributed by atoms with van der Waals surface area (Å²) in [6.45, 7) is -1.64. The van der Waals surface area contributed by atoms with Crippen molar-refractivity contribution in [2.45, 2.75) is 54.7 Å². The van der Waals surface area contributed by atoms with E-state index >= 15 is 0 Å². The summed E-state index contributed by atoms with van der Waals surface area (Å²) in [6.07, 6.45) is -1.48. The Morgan fingerprint density at radius 3 is 1.78 bits per heavy atom. The summed E-state index contributed by atoms with van der Waals surface area (Å²) in [6, 6.07) is -0.846. The van der Waals surface area contributed by atoms with Crippen molar-refractivity contribution >= 4 is 94.4 Å². The number of carboxylic acids is 4. The van der Waals surface area contributed by atoms with Crippen molar-refractivity contribution in [3.05, 3.63) is 24.3 Å². The molecule has 0 saturated carbocycles. The Hall–Kier alpha value is -3.93. The molecule has 0 radical (unpaired) electrons. The Morgan fingerprint density at radius 1 is 0.804 bits per heavy atom. The van der Waals surface area contributed by atoms with E-state index in [1.807, 2.05) is 0 Å². The van der Waals surface area contributed by atoms with E-state index in [1.165, 1.54) is 12.1 Å². The monoisotopic (exact) mass is 843 g/mol. The van der Waals surface area contributed by atoms with Crippen molar-refractivity contribution < 1.29 is 72.1 Å². The van der Waals surface area contributed by atoms with E-state index in [2.05, 4.69) is 20.9 Å². The summed E-state index contributed by atoms with van der Waals surface area (Å²) in [5.41, 5.74) is 10.8. The Kier molecular flexibility index (Phi) is 19.5. The molecule has 0 bridgehead atoms. The van der Waals surface area contributed by atoms with Crippen LogP contribution in [0.4, 0.5) is 0 Å². The molecule has 0 aliphatic carbocycles. The van der Waals surface area contributed by atoms with E-state index in [4.69, 9.17) is 31.9 Å². The van der Waals surface area contributed by atoms with Crippen molar-refractivity contribution in [3.8, 4) is 0 Å². The van der Waals surface area contributed by atoms with E-state index in [0.717, 1.165) is 32.2 Å². The maximum atomic E-state index is 12.9. The van der Waals surface area contributed by atoms with E-state index in [0.29, 0.717) is 4.35 Å². The summed E-state index contributed by atoms with van der Waals surface area (Å²) in [5, 5.41) is 55.1. The SMILES string of the molecule is N[C@@H](CCC(=O)N[C@@H](CS[As](SC[C@H](N=C([O-])CC[C@H](N)C(=O)O)C(=O)NCC(=O)O)c1ccc(S(=O)(=O)O)cc1)C(=O)NCC(=O)O)C(=O)O. The molecule has 3 amide bonds. The Balaban J connectivity index is 3.41. The van der Waals surface area contributed by atoms with Crippen LogP contribution in [0.2, 0.25) is 0 Å². The predicted octanol–water partition coefficient (Wildman–Crippen LogP) is -4.51. The Morgan fingerprint density at radius 2 is 1.29 bits per heavy atom. The van der Waals surface area contributed by atoms with Crippen LogP contribution in [0.25, 0.3) is 0 Å². The molecule has 51 heavy (non-hydrogen) atoms. The molecule has 0 fully saturated rings. The minimum atomic E-state index is -4.60. The van der Waals surface area contributed by atoms with Gasteiger partial charge in [-0.1, -0.05) is 0 Å². The van der Waals surface area contributed by atoms with Gasteiger partial charge in [0, 0.05) is 0 Å². The third kappa shape index (κ3) is 18.2. The topological polar surface area (TPSA) is 378 Å². The number of aliphatic imine (C=N–C) groups is 1. The maximum absolute atomic E-state index is 12.9. The fourth-order valence-corrected chi connectivity index (χ4v) is 16.3. The second-order valence-corrected chi connectivity index (χ2v) is 23.2. The van der Waals surface area contributed by atoms with Gasteiger partial charge < -0.3 is 0 Å². The van der Waals surface area contributed by atoms with E-state index in [9.17, 15) is 51.6 Å². The van der Waals surface area contributed by atoms with E-state index in [-0.39, 0.29) is 24.3 Å². The number of hydrogen-bond donors (Lipinski definition) is 10. The van der Waals surface area contributed by atoms with Gasteiger partial charge in [-0.05, 0) is 0 Å². The van der Waals surface area contributed by atoms with Gasteiger partial charge in [-0.15, -0.1) is 0 Å². The molecule has 25 heteroatoms. The van der Waals surface area contributed by atoms with Crippen LogP contribution in [0.1, 0.15) is 25.7 Å². The van der Waals surface area contributed by atoms with Gasteiger partial charge in [-0.2, -0.15) is 0 Å². The molecular weight excluding hydrogens is 807 g/mol. The predicted molar refractivity (Wildman–Crippen MR) is 181 cm³/mol. The molecule has 0 spiro atoms. The number of nitrogens with two attached hydrogens (primary N) is 2. The summed E-state index contributed by atoms with van der Waals surface area (Å²) < 4.78 is 33.1. The number of carbonyl (C=O) groups is 7. The number of aliphatic carboxylic acids is 4. The van der Waals surface area contributed by atoms with Crippen LogP contribution in [0.3, 0.4) is 0 Å². The van der Waals surface area contributed by atoms with Gasteiger partial charge in [-0.3, -0.25) is 0 Å². The zero-order valence-electron chi connectivity index (χ0n) is 26.4. The zero-order valence-corrected chi connectivity index (χ0v) is 30.7. The molecule has 1 rings (SSSR count). The first-order chi connectivity index (χ1) is 23.7. The van der Waals surface area contributed by atoms with Gasteiger partial charge >= 0.3 is 302 Å². The number of benzene rings is 1. The van der Waals surface area contributed by atoms with Crippen molar-refractivity contribution in [3.63, 3.8) is 0 Å². The number of carboxylic acid groups (broad SMARTS) is 4. The number of hydrogen-bond acceptors (Lipinski definition) is 15. The molecule has 0 aliphatic rings. The summed E-state index contributed by atoms with van der Waals surface area (Å²) in [5.74, 6) is -9.68. The van der Waals surface area contributed by atoms with Crippen molar-refractivity contribution in [1.82, 2.24) is 16.0 Å². The minimum absolute atomic E-state index is 0.242. The average Bonchev–Trinajstić information content (AvgIpc) is 3.05. The third-order valence-corrected chi connectivity index (χ3v) is 20.2. The Labute approximate surface area is 301 Å². The van der Waals surface area contributed by atoms with Crippen molar-refractivity contribution in [2.75, 3.05) is 24.6 Å². The molecule has 1 aromatic rings. The van der Waals surface area contributed by atoms with Crippen molar-refractivity contribution in [2.24, 2.45) is 16.5 Å². The normalized spacial score (nSPS) is 14.6. The van der Waals surface area contributed by atoms with Gasteiger partial charge in [0.15, 0.2) is 0 Å². The third-order valence-electron chi connectivity index (χ3n) is 6.12. The standard InChI is InChI=1S/C26H37AsN6O15S3/c28-15(25(42)43)5-7-19(34)32-17(23(40)30-9-21(36)37)11-49-27(13-1-3-14(4-2-13)51(46,47)48)50-12-18(24(41)31-10-22(38)39)33-20(35)8-6-16(29)26(44)45/h1-4,15-18H,5-12,28-29H2,(H,30,40)(H,31,41)(H,32,34)(H,33,35)(H,36,37)(H,38,39)(H,42,43)(H,44,45)(H,46,47,48)/p-1/t15-,16-,17-,18-/m0/s1. The summed E-state index contributed by atoms with van der Waals surface area (Å²) in [7, 11) is -2.50. The Bertz CT molecular complexity index is 1570. The van der Waals surface area contributed by atoms with Crippen LogP contribution < -0.4 is 36.9 Å². The van der Waals surface area contributed by atoms with Crippen LogP contribution in [-0.4, -0.2) is 142 Å². The van der Waals surface area contributed by atoms with Crippen LogP contribution in [-0.2, 0) is 43.7 Å². The second-order valence-electron chi connectivity index (χ2n) is 10.2. The van der Waals surface area contributed by atoms with Gasteiger partial charge in [0.25, 0.3) is 0 Å². The fourth-order valence-electron chi connectivity index (χ4n) is 3.45. The summed E-state index contributed by atoms with van der Waals surface area (Å²) in [4.78, 5) is 85.8. The second kappa shape index (κ2) is 22.1. The molecule has 0 heterocycles. The number of amides is 3. The van der Waals surface area contributed by atoms with Gasteiger partial charge in [0.2, 0.25) is 0 Å². The summed E-state index contributed by atoms with van der Waals surface area (Å²) >= 11 is -2.77. The van der Waals surface area contributed by atoms with Crippen LogP contribution in [0.15, 0.2) is 34.2 Å².